The van der Waals surface area contributed by atoms with Gasteiger partial charge in [-0.3, -0.25) is 0 Å². The van der Waals surface area contributed by atoms with E-state index in [9.17, 15) is 26.3 Å². The molecular weight excluding hydrogens is 560 g/mol. The quantitative estimate of drug-likeness (QED) is 0.115. The topological polar surface area (TPSA) is 9.23 Å². The molecule has 0 atom stereocenters. The smallest absolute Gasteiger partial charge is 0.261 e. The Hall–Kier alpha value is -2.59. The monoisotopic (exact) mass is 582 g/mol. The van der Waals surface area contributed by atoms with Gasteiger partial charge in [-0.1, -0.05) is 29.1 Å². The van der Waals surface area contributed by atoms with Crippen molar-refractivity contribution in [3.05, 3.63) is 82.4 Å². The van der Waals surface area contributed by atoms with Crippen LogP contribution in [0, 0.1) is 58.2 Å². The third-order valence-corrected chi connectivity index (χ3v) is 12.7. The van der Waals surface area contributed by atoms with Crippen molar-refractivity contribution in [3.63, 3.8) is 0 Å². The average molecular weight is 582 g/mol. The van der Waals surface area contributed by atoms with Crippen LogP contribution in [0.2, 0.25) is 0 Å². The van der Waals surface area contributed by atoms with Crippen molar-refractivity contribution >= 4 is 35.5 Å². The van der Waals surface area contributed by atoms with E-state index >= 15 is 17.6 Å². The fourth-order valence-electron chi connectivity index (χ4n) is 6.03. The second-order valence-corrected chi connectivity index (χ2v) is 16.0. The molecule has 0 spiro atoms. The van der Waals surface area contributed by atoms with E-state index in [4.69, 9.17) is 4.44 Å². The van der Waals surface area contributed by atoms with Crippen molar-refractivity contribution in [1.29, 1.82) is 0 Å². The van der Waals surface area contributed by atoms with Crippen LogP contribution in [-0.2, 0) is 4.44 Å². The Bertz CT molecular complexity index is 1390. The van der Waals surface area contributed by atoms with Gasteiger partial charge >= 0.3 is 0 Å². The van der Waals surface area contributed by atoms with Gasteiger partial charge in [0.25, 0.3) is 6.35 Å². The molecule has 210 valence electrons. The minimum atomic E-state index is -4.50. The molecule has 13 heteroatoms. The lowest BCUT2D eigenvalue weighted by Gasteiger charge is -2.49. The summed E-state index contributed by atoms with van der Waals surface area (Å²) in [6.07, 6.45) is -4.50. The summed E-state index contributed by atoms with van der Waals surface area (Å²) in [5, 5.41) is -1.96. The fraction of sp³-hybridized carbons (Fsp3) is 0.308. The Kier molecular flexibility index (Phi) is 6.76. The highest BCUT2D eigenvalue weighted by molar-refractivity contribution is 7.84. The molecule has 0 aromatic heterocycles. The van der Waals surface area contributed by atoms with Crippen LogP contribution in [0.1, 0.15) is 41.5 Å². The average Bonchev–Trinajstić information content (AvgIpc) is 3.17. The molecule has 0 saturated heterocycles. The zero-order chi connectivity index (χ0) is 29.6. The number of rotatable bonds is 2. The van der Waals surface area contributed by atoms with Gasteiger partial charge in [0.2, 0.25) is 0 Å². The molecular formula is C26H22BF10OP. The summed E-state index contributed by atoms with van der Waals surface area (Å²) in [5.74, 6) is -25.1. The predicted octanol–water partition coefficient (Wildman–Crippen LogP) is 6.23. The van der Waals surface area contributed by atoms with E-state index in [-0.39, 0.29) is 5.30 Å². The molecule has 0 saturated carbocycles. The molecule has 0 bridgehead atoms. The summed E-state index contributed by atoms with van der Waals surface area (Å²) in [6.45, 7) is 9.79. The third-order valence-electron chi connectivity index (χ3n) is 7.22. The van der Waals surface area contributed by atoms with Gasteiger partial charge in [-0.2, -0.15) is 0 Å². The molecule has 39 heavy (non-hydrogen) atoms. The van der Waals surface area contributed by atoms with Crippen LogP contribution in [0.15, 0.2) is 24.3 Å². The number of hydrogen-bond acceptors (Lipinski definition) is 1. The summed E-state index contributed by atoms with van der Waals surface area (Å²) in [7, 11) is -3.54. The molecule has 1 nitrogen and oxygen atoms in total. The zero-order valence-corrected chi connectivity index (χ0v) is 22.4. The van der Waals surface area contributed by atoms with Crippen molar-refractivity contribution < 1.29 is 48.3 Å². The van der Waals surface area contributed by atoms with Crippen LogP contribution in [-0.4, -0.2) is 16.7 Å². The van der Waals surface area contributed by atoms with Crippen LogP contribution >= 0.6 is 7.49 Å². The Morgan fingerprint density at radius 2 is 0.821 bits per heavy atom. The van der Waals surface area contributed by atoms with Crippen LogP contribution in [0.3, 0.4) is 0 Å². The van der Waals surface area contributed by atoms with E-state index < -0.39 is 98.7 Å². The molecule has 0 radical (unpaired) electrons. The van der Waals surface area contributed by atoms with Crippen molar-refractivity contribution in [3.8, 4) is 0 Å². The normalized spacial score (nSPS) is 16.5. The van der Waals surface area contributed by atoms with Crippen molar-refractivity contribution in [1.82, 2.24) is 0 Å². The summed E-state index contributed by atoms with van der Waals surface area (Å²) < 4.78 is 155. The summed E-state index contributed by atoms with van der Waals surface area (Å²) in [4.78, 5) is 0. The van der Waals surface area contributed by atoms with E-state index in [0.29, 0.717) is 0 Å². The molecule has 1 aliphatic rings. The number of hydrogen-bond donors (Lipinski definition) is 0. The van der Waals surface area contributed by atoms with Crippen molar-refractivity contribution in [2.75, 3.05) is 0 Å². The van der Waals surface area contributed by atoms with Crippen LogP contribution in [0.25, 0.3) is 0 Å². The Morgan fingerprint density at radius 1 is 0.513 bits per heavy atom. The highest BCUT2D eigenvalue weighted by Crippen LogP contribution is 2.78. The van der Waals surface area contributed by atoms with E-state index in [1.54, 1.807) is 41.5 Å². The Labute approximate surface area is 218 Å². The second kappa shape index (κ2) is 8.96. The van der Waals surface area contributed by atoms with E-state index in [1.807, 2.05) is 0 Å². The minimum absolute atomic E-state index is 0.123. The minimum Gasteiger partial charge on any atom is -0.420 e. The highest BCUT2D eigenvalue weighted by Gasteiger charge is 2.69. The maximum Gasteiger partial charge on any atom is 0.261 e. The molecule has 0 fully saturated rings. The molecule has 3 aromatic rings. The standard InChI is InChI=1S/C26H22BF10OP/c1-25(2,3)39(26(4,5)6)12-10-8-7-9-11(12)27(38-39,13-15(28)19(32)23(36)20(33)16(13)29)14-17(30)21(34)24(37)22(35)18(14)31/h7-10H,1-6H3. The first-order chi connectivity index (χ1) is 17.8. The van der Waals surface area contributed by atoms with Gasteiger partial charge in [0.05, 0.1) is 15.6 Å². The van der Waals surface area contributed by atoms with Gasteiger partial charge in [-0.05, 0) is 47.6 Å². The van der Waals surface area contributed by atoms with Crippen molar-refractivity contribution in [2.45, 2.75) is 51.9 Å². The summed E-state index contributed by atoms with van der Waals surface area (Å²) >= 11 is 0. The maximum absolute atomic E-state index is 15.6. The van der Waals surface area contributed by atoms with Crippen LogP contribution in [0.5, 0.6) is 0 Å². The van der Waals surface area contributed by atoms with E-state index in [2.05, 4.69) is 0 Å². The van der Waals surface area contributed by atoms with E-state index in [1.165, 1.54) is 18.2 Å². The number of halogens is 10. The van der Waals surface area contributed by atoms with Gasteiger partial charge < -0.3 is 4.44 Å². The lowest BCUT2D eigenvalue weighted by atomic mass is 9.28. The number of benzene rings is 3. The molecule has 1 aliphatic heterocycles. The third kappa shape index (κ3) is 3.63. The SMILES string of the molecule is CC(C)(C)[P+]1(C(C)(C)C)O[B-](c2c(F)c(F)c(F)c(F)c2F)(c2c(F)c(F)c(F)c(F)c2F)c2ccccc21. The van der Waals surface area contributed by atoms with Crippen molar-refractivity contribution in [2.24, 2.45) is 0 Å². The molecule has 0 aliphatic carbocycles. The predicted molar refractivity (Wildman–Crippen MR) is 131 cm³/mol. The fourth-order valence-corrected chi connectivity index (χ4v) is 12.0. The van der Waals surface area contributed by atoms with Gasteiger partial charge in [0.1, 0.15) is 30.8 Å². The largest absolute Gasteiger partial charge is 0.420 e. The van der Waals surface area contributed by atoms with E-state index in [0.717, 1.165) is 6.07 Å². The zero-order valence-electron chi connectivity index (χ0n) is 21.5. The molecule has 4 rings (SSSR count). The summed E-state index contributed by atoms with van der Waals surface area (Å²) in [5.41, 5.74) is -4.13. The Morgan fingerprint density at radius 3 is 1.15 bits per heavy atom. The molecule has 0 amide bonds. The highest BCUT2D eigenvalue weighted by atomic mass is 31.2. The van der Waals surface area contributed by atoms with Gasteiger partial charge in [-0.25, -0.2) is 43.9 Å². The summed E-state index contributed by atoms with van der Waals surface area (Å²) in [6, 6.07) is 5.17. The molecule has 0 unspecified atom stereocenters. The number of fused-ring (bicyclic) bond motifs is 1. The second-order valence-electron chi connectivity index (χ2n) is 11.4. The molecule has 1 heterocycles. The lowest BCUT2D eigenvalue weighted by molar-refractivity contribution is 0.379. The first-order valence-electron chi connectivity index (χ1n) is 11.7. The first-order valence-corrected chi connectivity index (χ1v) is 13.4. The first kappa shape index (κ1) is 29.4. The van der Waals surface area contributed by atoms with Gasteiger partial charge in [-0.15, -0.1) is 5.46 Å². The molecule has 0 N–H and O–H groups in total. The van der Waals surface area contributed by atoms with Crippen LogP contribution in [0.4, 0.5) is 43.9 Å². The molecule has 3 aromatic carbocycles. The van der Waals surface area contributed by atoms with Gasteiger partial charge in [0.15, 0.2) is 34.9 Å². The van der Waals surface area contributed by atoms with Gasteiger partial charge in [0, 0.05) is 0 Å². The lowest BCUT2D eigenvalue weighted by Crippen LogP contribution is -2.72. The van der Waals surface area contributed by atoms with Crippen LogP contribution < -0.4 is 21.7 Å². The maximum atomic E-state index is 15.6. The Balaban J connectivity index is 2.41.